The van der Waals surface area contributed by atoms with Crippen molar-refractivity contribution in [3.63, 3.8) is 0 Å². The highest BCUT2D eigenvalue weighted by molar-refractivity contribution is 5.95. The normalized spacial score (nSPS) is 17.7. The first kappa shape index (κ1) is 17.9. The Balaban J connectivity index is 1.94. The Labute approximate surface area is 173 Å². The number of benzene rings is 3. The summed E-state index contributed by atoms with van der Waals surface area (Å²) in [5, 5.41) is 2.78. The first-order valence-corrected chi connectivity index (χ1v) is 10.7. The van der Waals surface area contributed by atoms with Crippen LogP contribution in [0.3, 0.4) is 0 Å². The molecular weight excluding hydrogens is 348 g/mol. The van der Waals surface area contributed by atoms with Gasteiger partial charge in [0.15, 0.2) is 0 Å². The van der Waals surface area contributed by atoms with Crippen LogP contribution in [0.5, 0.6) is 0 Å². The van der Waals surface area contributed by atoms with E-state index in [0.29, 0.717) is 5.92 Å². The van der Waals surface area contributed by atoms with Crippen molar-refractivity contribution in [1.82, 2.24) is 0 Å². The van der Waals surface area contributed by atoms with E-state index in [4.69, 9.17) is 0 Å². The summed E-state index contributed by atoms with van der Waals surface area (Å²) in [5.41, 5.74) is 8.00. The quantitative estimate of drug-likeness (QED) is 0.501. The number of hydrogen-bond acceptors (Lipinski definition) is 0. The zero-order valence-corrected chi connectivity index (χ0v) is 16.9. The lowest BCUT2D eigenvalue weighted by molar-refractivity contribution is 0.740. The highest BCUT2D eigenvalue weighted by atomic mass is 14.2. The molecule has 0 fully saturated rings. The molecule has 2 aliphatic carbocycles. The predicted octanol–water partition coefficient (Wildman–Crippen LogP) is 6.35. The maximum absolute atomic E-state index is 2.46. The van der Waals surface area contributed by atoms with E-state index in [1.165, 1.54) is 43.8 Å². The van der Waals surface area contributed by atoms with Crippen molar-refractivity contribution in [2.24, 2.45) is 5.92 Å². The van der Waals surface area contributed by atoms with Crippen LogP contribution in [-0.4, -0.2) is 0 Å². The van der Waals surface area contributed by atoms with Gasteiger partial charge < -0.3 is 0 Å². The molecule has 0 N–H and O–H groups in total. The summed E-state index contributed by atoms with van der Waals surface area (Å²) >= 11 is 0. The van der Waals surface area contributed by atoms with Crippen LogP contribution < -0.4 is 10.4 Å². The molecule has 3 aromatic carbocycles. The Kier molecular flexibility index (Phi) is 4.77. The van der Waals surface area contributed by atoms with E-state index in [-0.39, 0.29) is 0 Å². The summed E-state index contributed by atoms with van der Waals surface area (Å²) < 4.78 is 0. The van der Waals surface area contributed by atoms with Crippen molar-refractivity contribution in [3.8, 4) is 22.3 Å². The largest absolute Gasteiger partial charge is 0.0834 e. The molecule has 29 heavy (non-hydrogen) atoms. The summed E-state index contributed by atoms with van der Waals surface area (Å²) in [7, 11) is 0. The van der Waals surface area contributed by atoms with Crippen molar-refractivity contribution in [2.45, 2.75) is 26.2 Å². The van der Waals surface area contributed by atoms with Crippen LogP contribution >= 0.6 is 0 Å². The van der Waals surface area contributed by atoms with Crippen LogP contribution in [0, 0.1) is 5.92 Å². The van der Waals surface area contributed by atoms with Crippen LogP contribution in [0.4, 0.5) is 0 Å². The van der Waals surface area contributed by atoms with Gasteiger partial charge in [-0.3, -0.25) is 0 Å². The molecule has 0 amide bonds. The number of hydrogen-bond donors (Lipinski definition) is 0. The molecule has 0 nitrogen and oxygen atoms in total. The molecule has 0 radical (unpaired) electrons. The van der Waals surface area contributed by atoms with Gasteiger partial charge in [-0.2, -0.15) is 0 Å². The average Bonchev–Trinajstić information content (AvgIpc) is 2.79. The second-order valence-electron chi connectivity index (χ2n) is 8.13. The molecule has 2 aliphatic rings. The number of fused-ring (bicyclic) bond motifs is 1. The summed E-state index contributed by atoms with van der Waals surface area (Å²) in [4.78, 5) is 0. The molecule has 142 valence electrons. The summed E-state index contributed by atoms with van der Waals surface area (Å²) in [6.07, 6.45) is 15.3. The van der Waals surface area contributed by atoms with Gasteiger partial charge in [0.1, 0.15) is 0 Å². The van der Waals surface area contributed by atoms with Crippen LogP contribution in [0.2, 0.25) is 0 Å². The first-order valence-electron chi connectivity index (χ1n) is 10.7. The molecular formula is C29H26. The maximum Gasteiger partial charge on any atom is -0.00206 e. The first-order chi connectivity index (χ1) is 14.3. The third-order valence-electron chi connectivity index (χ3n) is 5.98. The lowest BCUT2D eigenvalue weighted by Gasteiger charge is -2.22. The van der Waals surface area contributed by atoms with Crippen molar-refractivity contribution < 1.29 is 0 Å². The van der Waals surface area contributed by atoms with Gasteiger partial charge in [0.25, 0.3) is 0 Å². The molecule has 1 atom stereocenters. The minimum Gasteiger partial charge on any atom is -0.0834 e. The fourth-order valence-electron chi connectivity index (χ4n) is 4.63. The molecule has 0 saturated carbocycles. The summed E-state index contributed by atoms with van der Waals surface area (Å²) in [5.74, 6) is 0.572. The second-order valence-corrected chi connectivity index (χ2v) is 8.13. The minimum absolute atomic E-state index is 0.572. The Morgan fingerprint density at radius 1 is 0.759 bits per heavy atom. The SMILES string of the molecule is CC1C=C(c2c(-c3ccccc3)c(-c3ccccc3)cc3c2=CCCC=3)C=CC1. The molecule has 0 heterocycles. The Bertz CT molecular complexity index is 1210. The van der Waals surface area contributed by atoms with E-state index in [2.05, 4.69) is 104 Å². The Morgan fingerprint density at radius 3 is 2.17 bits per heavy atom. The van der Waals surface area contributed by atoms with Gasteiger partial charge in [-0.05, 0) is 75.1 Å². The van der Waals surface area contributed by atoms with E-state index < -0.39 is 0 Å². The van der Waals surface area contributed by atoms with Crippen LogP contribution in [0.1, 0.15) is 31.7 Å². The lowest BCUT2D eigenvalue weighted by Crippen LogP contribution is -2.31. The third kappa shape index (κ3) is 3.40. The highest BCUT2D eigenvalue weighted by Gasteiger charge is 2.19. The van der Waals surface area contributed by atoms with Gasteiger partial charge in [-0.25, -0.2) is 0 Å². The second kappa shape index (κ2) is 7.72. The van der Waals surface area contributed by atoms with E-state index in [1.807, 2.05) is 0 Å². The minimum atomic E-state index is 0.572. The maximum atomic E-state index is 2.46. The summed E-state index contributed by atoms with van der Waals surface area (Å²) in [6, 6.07) is 24.2. The zero-order chi connectivity index (χ0) is 19.6. The van der Waals surface area contributed by atoms with Crippen LogP contribution in [-0.2, 0) is 0 Å². The van der Waals surface area contributed by atoms with E-state index in [9.17, 15) is 0 Å². The fourth-order valence-corrected chi connectivity index (χ4v) is 4.63. The van der Waals surface area contributed by atoms with Gasteiger partial charge in [-0.1, -0.05) is 98.0 Å². The molecule has 5 rings (SSSR count). The number of allylic oxidation sites excluding steroid dienone is 4. The van der Waals surface area contributed by atoms with Crippen molar-refractivity contribution in [2.75, 3.05) is 0 Å². The van der Waals surface area contributed by atoms with E-state index in [1.54, 1.807) is 0 Å². The van der Waals surface area contributed by atoms with Gasteiger partial charge in [0.2, 0.25) is 0 Å². The average molecular weight is 375 g/mol. The summed E-state index contributed by atoms with van der Waals surface area (Å²) in [6.45, 7) is 2.31. The smallest absolute Gasteiger partial charge is 0.00206 e. The van der Waals surface area contributed by atoms with Gasteiger partial charge in [0, 0.05) is 0 Å². The van der Waals surface area contributed by atoms with Gasteiger partial charge in [0.05, 0.1) is 0 Å². The van der Waals surface area contributed by atoms with Gasteiger partial charge in [-0.15, -0.1) is 0 Å². The third-order valence-corrected chi connectivity index (χ3v) is 5.98. The van der Waals surface area contributed by atoms with E-state index >= 15 is 0 Å². The molecule has 3 aromatic rings. The predicted molar refractivity (Wildman–Crippen MR) is 126 cm³/mol. The fraction of sp³-hybridized carbons (Fsp3) is 0.172. The topological polar surface area (TPSA) is 0 Å². The standard InChI is InChI=1S/C29H26/c1-21-11-10-17-25(19-21)29-26-18-9-8-16-24(26)20-27(22-12-4-2-5-13-22)28(29)23-14-6-3-7-15-23/h2-7,10,12-21H,8-9,11H2,1H3. The van der Waals surface area contributed by atoms with Crippen LogP contribution in [0.25, 0.3) is 40.0 Å². The van der Waals surface area contributed by atoms with E-state index in [0.717, 1.165) is 19.3 Å². The monoisotopic (exact) mass is 374 g/mol. The molecule has 0 heteroatoms. The molecule has 0 aromatic heterocycles. The molecule has 0 aliphatic heterocycles. The van der Waals surface area contributed by atoms with Crippen molar-refractivity contribution in [3.05, 3.63) is 101 Å². The lowest BCUT2D eigenvalue weighted by atomic mass is 9.82. The van der Waals surface area contributed by atoms with Crippen molar-refractivity contribution >= 4 is 17.7 Å². The van der Waals surface area contributed by atoms with Gasteiger partial charge >= 0.3 is 0 Å². The molecule has 0 spiro atoms. The Morgan fingerprint density at radius 2 is 1.45 bits per heavy atom. The number of rotatable bonds is 3. The molecule has 0 bridgehead atoms. The zero-order valence-electron chi connectivity index (χ0n) is 16.9. The molecule has 1 unspecified atom stereocenters. The highest BCUT2D eigenvalue weighted by Crippen LogP contribution is 2.37. The van der Waals surface area contributed by atoms with Crippen LogP contribution in [0.15, 0.2) is 85.0 Å². The molecule has 0 saturated heterocycles. The Hall–Kier alpha value is -3.12. The van der Waals surface area contributed by atoms with Crippen molar-refractivity contribution in [1.29, 1.82) is 0 Å².